The lowest BCUT2D eigenvalue weighted by Gasteiger charge is -2.02. The molecule has 1 aromatic carbocycles. The van der Waals surface area contributed by atoms with Crippen LogP contribution in [0, 0.1) is 18.8 Å². The van der Waals surface area contributed by atoms with Gasteiger partial charge in [-0.15, -0.1) is 0 Å². The summed E-state index contributed by atoms with van der Waals surface area (Å²) in [6.45, 7) is 3.48. The molecular weight excluding hydrogens is 212 g/mol. The standard InChI is InChI=1S/C14H11N2O/c1-3-4-11-5-7-12(8-6-11)14-15-10-9-13(16-14)17-2/h5-10H,1H2,2H3. The van der Waals surface area contributed by atoms with E-state index in [1.807, 2.05) is 24.3 Å². The molecule has 0 spiro atoms. The molecule has 83 valence electrons. The summed E-state index contributed by atoms with van der Waals surface area (Å²) >= 11 is 0. The lowest BCUT2D eigenvalue weighted by Crippen LogP contribution is -1.92. The highest BCUT2D eigenvalue weighted by Gasteiger charge is 2.02. The zero-order valence-corrected chi connectivity index (χ0v) is 9.47. The van der Waals surface area contributed by atoms with Gasteiger partial charge in [0.05, 0.1) is 7.11 Å². The highest BCUT2D eigenvalue weighted by Crippen LogP contribution is 2.17. The number of nitrogens with zero attached hydrogens (tertiary/aromatic N) is 2. The first-order valence-corrected chi connectivity index (χ1v) is 5.09. The maximum atomic E-state index is 5.06. The van der Waals surface area contributed by atoms with Gasteiger partial charge in [0.2, 0.25) is 5.88 Å². The van der Waals surface area contributed by atoms with Crippen molar-refractivity contribution in [3.05, 3.63) is 49.0 Å². The normalized spacial score (nSPS) is 9.29. The lowest BCUT2D eigenvalue weighted by atomic mass is 10.1. The van der Waals surface area contributed by atoms with Crippen LogP contribution < -0.4 is 4.74 Å². The first kappa shape index (κ1) is 11.2. The molecule has 3 heteroatoms. The van der Waals surface area contributed by atoms with Crippen LogP contribution in [0.3, 0.4) is 0 Å². The quantitative estimate of drug-likeness (QED) is 0.733. The van der Waals surface area contributed by atoms with E-state index in [1.54, 1.807) is 19.4 Å². The van der Waals surface area contributed by atoms with E-state index in [1.165, 1.54) is 0 Å². The molecule has 0 N–H and O–H groups in total. The van der Waals surface area contributed by atoms with E-state index < -0.39 is 0 Å². The van der Waals surface area contributed by atoms with E-state index >= 15 is 0 Å². The van der Waals surface area contributed by atoms with Crippen molar-refractivity contribution in [2.75, 3.05) is 7.11 Å². The minimum absolute atomic E-state index is 0.552. The fourth-order valence-electron chi connectivity index (χ4n) is 1.40. The van der Waals surface area contributed by atoms with Crippen molar-refractivity contribution in [1.82, 2.24) is 9.97 Å². The Morgan fingerprint density at radius 3 is 2.59 bits per heavy atom. The highest BCUT2D eigenvalue weighted by atomic mass is 16.5. The third kappa shape index (κ3) is 2.61. The summed E-state index contributed by atoms with van der Waals surface area (Å²) < 4.78 is 5.06. The Morgan fingerprint density at radius 1 is 1.18 bits per heavy atom. The molecule has 1 heterocycles. The van der Waals surface area contributed by atoms with Crippen LogP contribution in [0.25, 0.3) is 11.4 Å². The molecular formula is C14H11N2O. The Hall–Kier alpha value is -2.34. The van der Waals surface area contributed by atoms with E-state index in [4.69, 9.17) is 4.74 Å². The molecule has 0 aliphatic rings. The maximum Gasteiger partial charge on any atom is 0.216 e. The summed E-state index contributed by atoms with van der Waals surface area (Å²) in [4.78, 5) is 8.45. The predicted molar refractivity (Wildman–Crippen MR) is 66.3 cm³/mol. The first-order valence-electron chi connectivity index (χ1n) is 5.09. The van der Waals surface area contributed by atoms with Crippen molar-refractivity contribution >= 4 is 0 Å². The average Bonchev–Trinajstić information content (AvgIpc) is 2.40. The molecule has 1 aromatic heterocycles. The molecule has 1 radical (unpaired) electrons. The van der Waals surface area contributed by atoms with Crippen LogP contribution in [0.15, 0.2) is 36.5 Å². The molecule has 0 saturated carbocycles. The van der Waals surface area contributed by atoms with E-state index in [0.29, 0.717) is 11.7 Å². The van der Waals surface area contributed by atoms with E-state index in [0.717, 1.165) is 11.1 Å². The molecule has 0 aliphatic carbocycles. The van der Waals surface area contributed by atoms with Gasteiger partial charge in [-0.05, 0) is 24.3 Å². The van der Waals surface area contributed by atoms with Crippen LogP contribution in [0.2, 0.25) is 0 Å². The van der Waals surface area contributed by atoms with Gasteiger partial charge in [0.25, 0.3) is 0 Å². The van der Waals surface area contributed by atoms with Crippen LogP contribution in [-0.4, -0.2) is 17.1 Å². The van der Waals surface area contributed by atoms with Crippen molar-refractivity contribution in [2.45, 2.75) is 0 Å². The first-order chi connectivity index (χ1) is 8.33. The smallest absolute Gasteiger partial charge is 0.216 e. The van der Waals surface area contributed by atoms with E-state index in [2.05, 4.69) is 28.7 Å². The van der Waals surface area contributed by atoms with Gasteiger partial charge < -0.3 is 4.74 Å². The molecule has 0 amide bonds. The number of hydrogen-bond donors (Lipinski definition) is 0. The molecule has 0 bridgehead atoms. The van der Waals surface area contributed by atoms with Crippen LogP contribution in [0.5, 0.6) is 5.88 Å². The Bertz CT molecular complexity index is 565. The van der Waals surface area contributed by atoms with E-state index in [9.17, 15) is 0 Å². The molecule has 2 aromatic rings. The lowest BCUT2D eigenvalue weighted by molar-refractivity contribution is 0.397. The second-order valence-corrected chi connectivity index (χ2v) is 3.30. The largest absolute Gasteiger partial charge is 0.481 e. The van der Waals surface area contributed by atoms with Gasteiger partial charge in [0.15, 0.2) is 5.82 Å². The number of rotatable bonds is 2. The maximum absolute atomic E-state index is 5.06. The van der Waals surface area contributed by atoms with Gasteiger partial charge in [-0.3, -0.25) is 0 Å². The van der Waals surface area contributed by atoms with Crippen molar-refractivity contribution in [3.8, 4) is 29.1 Å². The van der Waals surface area contributed by atoms with Crippen molar-refractivity contribution in [3.63, 3.8) is 0 Å². The second-order valence-electron chi connectivity index (χ2n) is 3.30. The third-order valence-electron chi connectivity index (χ3n) is 2.21. The summed E-state index contributed by atoms with van der Waals surface area (Å²) in [6, 6.07) is 9.39. The summed E-state index contributed by atoms with van der Waals surface area (Å²) in [7, 11) is 1.58. The van der Waals surface area contributed by atoms with Crippen molar-refractivity contribution in [2.24, 2.45) is 0 Å². The zero-order chi connectivity index (χ0) is 12.1. The summed E-state index contributed by atoms with van der Waals surface area (Å²) in [6.07, 6.45) is 1.67. The molecule has 0 atom stereocenters. The Balaban J connectivity index is 2.34. The number of hydrogen-bond acceptors (Lipinski definition) is 3. The SMILES string of the molecule is [CH2]C#Cc1ccc(-c2nccc(OC)n2)cc1. The van der Waals surface area contributed by atoms with Crippen LogP contribution in [-0.2, 0) is 0 Å². The van der Waals surface area contributed by atoms with Crippen LogP contribution in [0.1, 0.15) is 5.56 Å². The molecule has 0 aliphatic heterocycles. The van der Waals surface area contributed by atoms with Gasteiger partial charge in [-0.2, -0.15) is 4.98 Å². The number of benzene rings is 1. The fraction of sp³-hybridized carbons (Fsp3) is 0.0714. The third-order valence-corrected chi connectivity index (χ3v) is 2.21. The Kier molecular flexibility index (Phi) is 3.37. The van der Waals surface area contributed by atoms with Gasteiger partial charge in [0, 0.05) is 30.3 Å². The van der Waals surface area contributed by atoms with Crippen LogP contribution in [0.4, 0.5) is 0 Å². The Labute approximate surface area is 101 Å². The van der Waals surface area contributed by atoms with Gasteiger partial charge in [0.1, 0.15) is 0 Å². The summed E-state index contributed by atoms with van der Waals surface area (Å²) in [5.74, 6) is 6.68. The van der Waals surface area contributed by atoms with Crippen LogP contribution >= 0.6 is 0 Å². The summed E-state index contributed by atoms with van der Waals surface area (Å²) in [5.41, 5.74) is 1.85. The van der Waals surface area contributed by atoms with Gasteiger partial charge in [-0.25, -0.2) is 4.98 Å². The minimum Gasteiger partial charge on any atom is -0.481 e. The molecule has 0 fully saturated rings. The number of methoxy groups -OCH3 is 1. The van der Waals surface area contributed by atoms with Gasteiger partial charge in [-0.1, -0.05) is 11.8 Å². The predicted octanol–water partition coefficient (Wildman–Crippen LogP) is 2.34. The minimum atomic E-state index is 0.552. The zero-order valence-electron chi connectivity index (χ0n) is 9.47. The second kappa shape index (κ2) is 5.13. The van der Waals surface area contributed by atoms with E-state index in [-0.39, 0.29) is 0 Å². The molecule has 0 saturated heterocycles. The summed E-state index contributed by atoms with van der Waals surface area (Å²) in [5, 5.41) is 0. The average molecular weight is 223 g/mol. The van der Waals surface area contributed by atoms with Gasteiger partial charge >= 0.3 is 0 Å². The number of aromatic nitrogens is 2. The number of ether oxygens (including phenoxy) is 1. The fourth-order valence-corrected chi connectivity index (χ4v) is 1.40. The highest BCUT2D eigenvalue weighted by molar-refractivity contribution is 5.57. The molecule has 17 heavy (non-hydrogen) atoms. The molecule has 3 nitrogen and oxygen atoms in total. The monoisotopic (exact) mass is 223 g/mol. The Morgan fingerprint density at radius 2 is 1.94 bits per heavy atom. The van der Waals surface area contributed by atoms with Crippen molar-refractivity contribution < 1.29 is 4.74 Å². The topological polar surface area (TPSA) is 35.0 Å². The van der Waals surface area contributed by atoms with Crippen molar-refractivity contribution in [1.29, 1.82) is 0 Å². The molecule has 2 rings (SSSR count). The molecule has 0 unspecified atom stereocenters.